The number of hydrogen-bond acceptors (Lipinski definition) is 3. The van der Waals surface area contributed by atoms with Gasteiger partial charge in [0.15, 0.2) is 0 Å². The Bertz CT molecular complexity index is 495. The van der Waals surface area contributed by atoms with E-state index in [1.165, 1.54) is 19.3 Å². The Morgan fingerprint density at radius 2 is 2.15 bits per heavy atom. The molecular formula is C16H22ClN3. The van der Waals surface area contributed by atoms with E-state index in [-0.39, 0.29) is 0 Å². The van der Waals surface area contributed by atoms with Gasteiger partial charge in [0, 0.05) is 17.6 Å². The average molecular weight is 292 g/mol. The lowest BCUT2D eigenvalue weighted by atomic mass is 9.83. The van der Waals surface area contributed by atoms with Crippen molar-refractivity contribution in [3.8, 4) is 6.07 Å². The molecule has 2 unspecified atom stereocenters. The van der Waals surface area contributed by atoms with Gasteiger partial charge in [0.25, 0.3) is 0 Å². The smallest absolute Gasteiger partial charge is 0.101 e. The third-order valence-corrected chi connectivity index (χ3v) is 4.54. The molecule has 0 radical (unpaired) electrons. The van der Waals surface area contributed by atoms with Crippen LogP contribution in [0.2, 0.25) is 5.02 Å². The van der Waals surface area contributed by atoms with Crippen molar-refractivity contribution in [1.82, 2.24) is 0 Å². The van der Waals surface area contributed by atoms with E-state index in [1.54, 1.807) is 6.07 Å². The first kappa shape index (κ1) is 15.2. The van der Waals surface area contributed by atoms with Crippen LogP contribution in [-0.2, 0) is 0 Å². The summed E-state index contributed by atoms with van der Waals surface area (Å²) in [7, 11) is 0. The van der Waals surface area contributed by atoms with E-state index in [0.717, 1.165) is 25.2 Å². The lowest BCUT2D eigenvalue weighted by Gasteiger charge is -2.41. The zero-order chi connectivity index (χ0) is 14.5. The standard InChI is InChI=1S/C16H22ClN3/c1-2-20(15-6-4-3-5-12(15)10-18)16-8-7-14(17)9-13(16)11-19/h7-9,12,15H,2-6,10,18H2,1H3. The second-order valence-corrected chi connectivity index (χ2v) is 5.84. The second kappa shape index (κ2) is 6.97. The van der Waals surface area contributed by atoms with Crippen molar-refractivity contribution in [3.63, 3.8) is 0 Å². The van der Waals surface area contributed by atoms with Gasteiger partial charge in [0.2, 0.25) is 0 Å². The molecule has 0 saturated heterocycles. The highest BCUT2D eigenvalue weighted by Gasteiger charge is 2.29. The van der Waals surface area contributed by atoms with Crippen LogP contribution < -0.4 is 10.6 Å². The molecular weight excluding hydrogens is 270 g/mol. The van der Waals surface area contributed by atoms with Crippen molar-refractivity contribution in [2.24, 2.45) is 11.7 Å². The Labute approximate surface area is 126 Å². The van der Waals surface area contributed by atoms with Crippen molar-refractivity contribution in [3.05, 3.63) is 28.8 Å². The Morgan fingerprint density at radius 3 is 2.80 bits per heavy atom. The molecule has 0 amide bonds. The van der Waals surface area contributed by atoms with E-state index in [2.05, 4.69) is 17.9 Å². The van der Waals surface area contributed by atoms with Gasteiger partial charge < -0.3 is 10.6 Å². The molecule has 20 heavy (non-hydrogen) atoms. The number of benzene rings is 1. The third-order valence-electron chi connectivity index (χ3n) is 4.30. The molecule has 1 aliphatic rings. The number of nitriles is 1. The van der Waals surface area contributed by atoms with Crippen molar-refractivity contribution < 1.29 is 0 Å². The van der Waals surface area contributed by atoms with Gasteiger partial charge in [-0.15, -0.1) is 0 Å². The predicted octanol–water partition coefficient (Wildman–Crippen LogP) is 3.56. The maximum atomic E-state index is 9.35. The molecule has 1 aromatic carbocycles. The zero-order valence-corrected chi connectivity index (χ0v) is 12.7. The minimum absolute atomic E-state index is 0.437. The van der Waals surface area contributed by atoms with Gasteiger partial charge in [-0.3, -0.25) is 0 Å². The van der Waals surface area contributed by atoms with Crippen molar-refractivity contribution in [2.75, 3.05) is 18.0 Å². The molecule has 0 spiro atoms. The molecule has 1 aliphatic carbocycles. The zero-order valence-electron chi connectivity index (χ0n) is 12.0. The third kappa shape index (κ3) is 3.08. The van der Waals surface area contributed by atoms with Crippen molar-refractivity contribution in [2.45, 2.75) is 38.6 Å². The number of nitrogens with two attached hydrogens (primary N) is 1. The lowest BCUT2D eigenvalue weighted by Crippen LogP contribution is -2.45. The first-order valence-corrected chi connectivity index (χ1v) is 7.75. The topological polar surface area (TPSA) is 53.0 Å². The Hall–Kier alpha value is -1.24. The maximum absolute atomic E-state index is 9.35. The molecule has 3 nitrogen and oxygen atoms in total. The van der Waals surface area contributed by atoms with Crippen LogP contribution >= 0.6 is 11.6 Å². The highest BCUT2D eigenvalue weighted by Crippen LogP contribution is 2.33. The van der Waals surface area contributed by atoms with E-state index in [1.807, 2.05) is 12.1 Å². The van der Waals surface area contributed by atoms with E-state index < -0.39 is 0 Å². The normalized spacial score (nSPS) is 22.3. The van der Waals surface area contributed by atoms with Crippen LogP contribution in [0, 0.1) is 17.2 Å². The number of rotatable bonds is 4. The van der Waals surface area contributed by atoms with Gasteiger partial charge in [0.1, 0.15) is 6.07 Å². The summed E-state index contributed by atoms with van der Waals surface area (Å²) in [6.45, 7) is 3.74. The molecule has 1 saturated carbocycles. The quantitative estimate of drug-likeness (QED) is 0.923. The summed E-state index contributed by atoms with van der Waals surface area (Å²) in [5.41, 5.74) is 7.59. The lowest BCUT2D eigenvalue weighted by molar-refractivity contribution is 0.300. The van der Waals surface area contributed by atoms with Gasteiger partial charge >= 0.3 is 0 Å². The summed E-state index contributed by atoms with van der Waals surface area (Å²) in [6, 6.07) is 8.28. The van der Waals surface area contributed by atoms with Crippen LogP contribution in [0.1, 0.15) is 38.2 Å². The number of hydrogen-bond donors (Lipinski definition) is 1. The minimum Gasteiger partial charge on any atom is -0.367 e. The molecule has 1 aromatic rings. The van der Waals surface area contributed by atoms with Gasteiger partial charge in [0.05, 0.1) is 11.3 Å². The number of anilines is 1. The van der Waals surface area contributed by atoms with Crippen LogP contribution in [-0.4, -0.2) is 19.1 Å². The largest absolute Gasteiger partial charge is 0.367 e. The fourth-order valence-corrected chi connectivity index (χ4v) is 3.48. The van der Waals surface area contributed by atoms with Gasteiger partial charge in [-0.2, -0.15) is 5.26 Å². The molecule has 0 heterocycles. The van der Waals surface area contributed by atoms with Crippen LogP contribution in [0.5, 0.6) is 0 Å². The van der Waals surface area contributed by atoms with Crippen molar-refractivity contribution >= 4 is 17.3 Å². The summed E-state index contributed by atoms with van der Waals surface area (Å²) in [6.07, 6.45) is 4.85. The molecule has 1 fully saturated rings. The molecule has 108 valence electrons. The van der Waals surface area contributed by atoms with E-state index in [4.69, 9.17) is 17.3 Å². The summed E-state index contributed by atoms with van der Waals surface area (Å²) >= 11 is 6.00. The summed E-state index contributed by atoms with van der Waals surface area (Å²) in [4.78, 5) is 2.34. The second-order valence-electron chi connectivity index (χ2n) is 5.41. The molecule has 0 aliphatic heterocycles. The molecule has 2 atom stereocenters. The van der Waals surface area contributed by atoms with Gasteiger partial charge in [-0.1, -0.05) is 24.4 Å². The highest BCUT2D eigenvalue weighted by atomic mass is 35.5. The molecule has 0 bridgehead atoms. The Morgan fingerprint density at radius 1 is 1.40 bits per heavy atom. The Balaban J connectivity index is 2.34. The fourth-order valence-electron chi connectivity index (χ4n) is 3.31. The maximum Gasteiger partial charge on any atom is 0.101 e. The first-order valence-electron chi connectivity index (χ1n) is 7.37. The molecule has 0 aromatic heterocycles. The summed E-state index contributed by atoms with van der Waals surface area (Å²) in [5.74, 6) is 0.519. The van der Waals surface area contributed by atoms with Crippen molar-refractivity contribution in [1.29, 1.82) is 5.26 Å². The Kier molecular flexibility index (Phi) is 5.28. The highest BCUT2D eigenvalue weighted by molar-refractivity contribution is 6.30. The summed E-state index contributed by atoms with van der Waals surface area (Å²) < 4.78 is 0. The minimum atomic E-state index is 0.437. The van der Waals surface area contributed by atoms with Crippen LogP contribution in [0.4, 0.5) is 5.69 Å². The fraction of sp³-hybridized carbons (Fsp3) is 0.562. The van der Waals surface area contributed by atoms with Crippen LogP contribution in [0.15, 0.2) is 18.2 Å². The van der Waals surface area contributed by atoms with Gasteiger partial charge in [-0.05, 0) is 50.4 Å². The summed E-state index contributed by atoms with van der Waals surface area (Å²) in [5, 5.41) is 9.96. The van der Waals surface area contributed by atoms with E-state index in [9.17, 15) is 5.26 Å². The molecule has 4 heteroatoms. The average Bonchev–Trinajstić information content (AvgIpc) is 2.49. The number of nitrogens with zero attached hydrogens (tertiary/aromatic N) is 2. The predicted molar refractivity (Wildman–Crippen MR) is 84.0 cm³/mol. The van der Waals surface area contributed by atoms with E-state index in [0.29, 0.717) is 22.5 Å². The van der Waals surface area contributed by atoms with Gasteiger partial charge in [-0.25, -0.2) is 0 Å². The van der Waals surface area contributed by atoms with Crippen LogP contribution in [0.3, 0.4) is 0 Å². The molecule has 2 rings (SSSR count). The molecule has 2 N–H and O–H groups in total. The number of halogens is 1. The van der Waals surface area contributed by atoms with Crippen LogP contribution in [0.25, 0.3) is 0 Å². The monoisotopic (exact) mass is 291 g/mol. The van der Waals surface area contributed by atoms with E-state index >= 15 is 0 Å². The first-order chi connectivity index (χ1) is 9.71. The SMILES string of the molecule is CCN(c1ccc(Cl)cc1C#N)C1CCCCC1CN.